The number of carbonyl (C=O) groups is 1. The van der Waals surface area contributed by atoms with E-state index in [9.17, 15) is 28.1 Å². The minimum Gasteiger partial charge on any atom is -0.493 e. The molecular formula is C25H17ClF3N3O5. The van der Waals surface area contributed by atoms with Gasteiger partial charge in [0.25, 0.3) is 11.6 Å². The van der Waals surface area contributed by atoms with E-state index in [1.807, 2.05) is 0 Å². The fourth-order valence-corrected chi connectivity index (χ4v) is 3.74. The van der Waals surface area contributed by atoms with E-state index in [2.05, 4.69) is 5.10 Å². The summed E-state index contributed by atoms with van der Waals surface area (Å²) >= 11 is 6.02. The van der Waals surface area contributed by atoms with Crippen molar-refractivity contribution in [2.24, 2.45) is 5.10 Å². The van der Waals surface area contributed by atoms with Crippen LogP contribution < -0.4 is 14.5 Å². The van der Waals surface area contributed by atoms with Gasteiger partial charge >= 0.3 is 6.18 Å². The van der Waals surface area contributed by atoms with Gasteiger partial charge in [-0.05, 0) is 55.0 Å². The Morgan fingerprint density at radius 1 is 1.05 bits per heavy atom. The van der Waals surface area contributed by atoms with E-state index in [1.54, 1.807) is 37.3 Å². The predicted molar refractivity (Wildman–Crippen MR) is 131 cm³/mol. The van der Waals surface area contributed by atoms with Gasteiger partial charge in [-0.3, -0.25) is 14.9 Å². The van der Waals surface area contributed by atoms with Crippen LogP contribution in [0.3, 0.4) is 0 Å². The second kappa shape index (κ2) is 9.94. The lowest BCUT2D eigenvalue weighted by Crippen LogP contribution is -2.21. The monoisotopic (exact) mass is 531 g/mol. The summed E-state index contributed by atoms with van der Waals surface area (Å²) in [4.78, 5) is 23.0. The molecule has 0 atom stereocenters. The molecule has 1 heterocycles. The molecule has 1 aliphatic rings. The first-order valence-corrected chi connectivity index (χ1v) is 10.9. The van der Waals surface area contributed by atoms with Crippen LogP contribution in [0.15, 0.2) is 71.3 Å². The van der Waals surface area contributed by atoms with Crippen molar-refractivity contribution < 1.29 is 32.4 Å². The number of halogens is 4. The summed E-state index contributed by atoms with van der Waals surface area (Å²) in [6, 6.07) is 13.2. The molecule has 0 aliphatic carbocycles. The highest BCUT2D eigenvalue weighted by atomic mass is 35.5. The summed E-state index contributed by atoms with van der Waals surface area (Å²) in [7, 11) is 1.30. The van der Waals surface area contributed by atoms with Gasteiger partial charge in [0, 0.05) is 17.2 Å². The molecule has 0 N–H and O–H groups in total. The number of nitro groups is 1. The van der Waals surface area contributed by atoms with Gasteiger partial charge in [0.2, 0.25) is 0 Å². The summed E-state index contributed by atoms with van der Waals surface area (Å²) in [6.07, 6.45) is -3.33. The highest BCUT2D eigenvalue weighted by Crippen LogP contribution is 2.42. The first kappa shape index (κ1) is 25.7. The summed E-state index contributed by atoms with van der Waals surface area (Å²) in [5.41, 5.74) is -0.298. The molecule has 3 aromatic rings. The summed E-state index contributed by atoms with van der Waals surface area (Å²) in [5, 5.41) is 16.9. The number of carbonyl (C=O) groups excluding carboxylic acids is 1. The van der Waals surface area contributed by atoms with Crippen molar-refractivity contribution >= 4 is 40.7 Å². The van der Waals surface area contributed by atoms with Crippen molar-refractivity contribution in [2.75, 3.05) is 12.1 Å². The summed E-state index contributed by atoms with van der Waals surface area (Å²) < 4.78 is 51.3. The number of hydrogen-bond donors (Lipinski definition) is 0. The Morgan fingerprint density at radius 3 is 2.43 bits per heavy atom. The van der Waals surface area contributed by atoms with Gasteiger partial charge in [0.05, 0.1) is 29.0 Å². The minimum atomic E-state index is -4.90. The van der Waals surface area contributed by atoms with Crippen LogP contribution in [0.4, 0.5) is 24.5 Å². The van der Waals surface area contributed by atoms with Crippen molar-refractivity contribution in [3.8, 4) is 17.2 Å². The number of amides is 1. The number of nitrogens with zero attached hydrogens (tertiary/aromatic N) is 3. The Hall–Kier alpha value is -4.38. The average Bonchev–Trinajstić information content (AvgIpc) is 3.12. The Morgan fingerprint density at radius 2 is 1.78 bits per heavy atom. The molecule has 0 saturated heterocycles. The fourth-order valence-electron chi connectivity index (χ4n) is 3.55. The van der Waals surface area contributed by atoms with Crippen molar-refractivity contribution in [1.82, 2.24) is 0 Å². The van der Waals surface area contributed by atoms with Gasteiger partial charge in [-0.2, -0.15) is 23.3 Å². The topological polar surface area (TPSA) is 94.3 Å². The highest BCUT2D eigenvalue weighted by Gasteiger charge is 2.36. The normalized spacial score (nSPS) is 14.6. The molecule has 0 bridgehead atoms. The second-order valence-corrected chi connectivity index (χ2v) is 8.22. The number of methoxy groups -OCH3 is 1. The Bertz CT molecular complexity index is 1470. The molecule has 0 saturated carbocycles. The number of hydrazone groups is 1. The number of hydrogen-bond acceptors (Lipinski definition) is 6. The van der Waals surface area contributed by atoms with Crippen LogP contribution in [0.2, 0.25) is 5.02 Å². The van der Waals surface area contributed by atoms with E-state index in [0.717, 1.165) is 12.1 Å². The zero-order chi connectivity index (χ0) is 26.9. The standard InChI is InChI=1S/C25H17ClF3N3O5/c1-14-19(24(33)31(30-14)17-5-3-4-16(26)12-17)10-15-6-8-22(23(11-15)36-2)37-21-9-7-18(32(34)35)13-20(21)25(27,28)29/h3-13H,1-2H3/b19-10+. The second-order valence-electron chi connectivity index (χ2n) is 7.79. The number of nitro benzene ring substituents is 1. The van der Waals surface area contributed by atoms with Crippen LogP contribution in [0, 0.1) is 10.1 Å². The number of alkyl halides is 3. The van der Waals surface area contributed by atoms with E-state index < -0.39 is 28.1 Å². The summed E-state index contributed by atoms with van der Waals surface area (Å²) in [6.45, 7) is 1.66. The molecule has 1 aliphatic heterocycles. The lowest BCUT2D eigenvalue weighted by molar-refractivity contribution is -0.385. The van der Waals surface area contributed by atoms with Crippen molar-refractivity contribution in [3.05, 3.63) is 92.5 Å². The van der Waals surface area contributed by atoms with Crippen molar-refractivity contribution in [2.45, 2.75) is 13.1 Å². The molecule has 8 nitrogen and oxygen atoms in total. The van der Waals surface area contributed by atoms with Gasteiger partial charge < -0.3 is 9.47 Å². The van der Waals surface area contributed by atoms with Gasteiger partial charge in [-0.1, -0.05) is 23.7 Å². The summed E-state index contributed by atoms with van der Waals surface area (Å²) in [5.74, 6) is -1.01. The van der Waals surface area contributed by atoms with Gasteiger partial charge in [0.1, 0.15) is 11.3 Å². The zero-order valence-corrected chi connectivity index (χ0v) is 20.0. The third-order valence-electron chi connectivity index (χ3n) is 5.31. The first-order valence-electron chi connectivity index (χ1n) is 10.6. The highest BCUT2D eigenvalue weighted by molar-refractivity contribution is 6.33. The SMILES string of the molecule is COc1cc(/C=C2/C(=O)N(c3cccc(Cl)c3)N=C2C)ccc1Oc1ccc([N+](=O)[O-])cc1C(F)(F)F. The largest absolute Gasteiger partial charge is 0.493 e. The average molecular weight is 532 g/mol. The molecule has 0 aromatic heterocycles. The van der Waals surface area contributed by atoms with Crippen LogP contribution in [0.5, 0.6) is 17.2 Å². The molecule has 0 fully saturated rings. The molecule has 0 spiro atoms. The van der Waals surface area contributed by atoms with Crippen LogP contribution >= 0.6 is 11.6 Å². The maximum atomic E-state index is 13.5. The quantitative estimate of drug-likeness (QED) is 0.196. The third kappa shape index (κ3) is 5.41. The first-order chi connectivity index (χ1) is 17.5. The van der Waals surface area contributed by atoms with E-state index in [-0.39, 0.29) is 17.4 Å². The maximum absolute atomic E-state index is 13.5. The van der Waals surface area contributed by atoms with E-state index in [0.29, 0.717) is 33.6 Å². The van der Waals surface area contributed by atoms with E-state index in [4.69, 9.17) is 21.1 Å². The number of ether oxygens (including phenoxy) is 2. The third-order valence-corrected chi connectivity index (χ3v) is 5.55. The predicted octanol–water partition coefficient (Wildman–Crippen LogP) is 6.87. The molecule has 190 valence electrons. The molecular weight excluding hydrogens is 515 g/mol. The molecule has 0 unspecified atom stereocenters. The molecule has 12 heteroatoms. The lowest BCUT2D eigenvalue weighted by Gasteiger charge is -2.15. The van der Waals surface area contributed by atoms with Crippen molar-refractivity contribution in [3.63, 3.8) is 0 Å². The molecule has 3 aromatic carbocycles. The number of anilines is 1. The van der Waals surface area contributed by atoms with E-state index in [1.165, 1.54) is 30.3 Å². The number of non-ortho nitro benzene ring substituents is 1. The molecule has 4 rings (SSSR count). The maximum Gasteiger partial charge on any atom is 0.420 e. The Labute approximate surface area is 213 Å². The fraction of sp³-hybridized carbons (Fsp3) is 0.120. The van der Waals surface area contributed by atoms with Gasteiger partial charge in [0.15, 0.2) is 11.5 Å². The number of rotatable bonds is 6. The van der Waals surface area contributed by atoms with Crippen LogP contribution in [0.1, 0.15) is 18.1 Å². The van der Waals surface area contributed by atoms with Crippen LogP contribution in [-0.4, -0.2) is 23.7 Å². The minimum absolute atomic E-state index is 0.0623. The van der Waals surface area contributed by atoms with Crippen LogP contribution in [-0.2, 0) is 11.0 Å². The van der Waals surface area contributed by atoms with Gasteiger partial charge in [-0.25, -0.2) is 0 Å². The smallest absolute Gasteiger partial charge is 0.420 e. The molecule has 0 radical (unpaired) electrons. The molecule has 37 heavy (non-hydrogen) atoms. The Balaban J connectivity index is 1.64. The Kier molecular flexibility index (Phi) is 6.90. The van der Waals surface area contributed by atoms with Gasteiger partial charge in [-0.15, -0.1) is 0 Å². The van der Waals surface area contributed by atoms with E-state index >= 15 is 0 Å². The van der Waals surface area contributed by atoms with Crippen LogP contribution in [0.25, 0.3) is 6.08 Å². The molecule has 1 amide bonds. The lowest BCUT2D eigenvalue weighted by atomic mass is 10.1. The zero-order valence-electron chi connectivity index (χ0n) is 19.2. The van der Waals surface area contributed by atoms with Crippen molar-refractivity contribution in [1.29, 1.82) is 0 Å². The number of benzene rings is 3.